The molecule has 172 valence electrons. The number of benzene rings is 1. The van der Waals surface area contributed by atoms with Crippen molar-refractivity contribution in [2.24, 2.45) is 17.8 Å². The largest absolute Gasteiger partial charge is 0.481 e. The van der Waals surface area contributed by atoms with Crippen LogP contribution in [0, 0.1) is 23.6 Å². The van der Waals surface area contributed by atoms with Crippen LogP contribution < -0.4 is 10.6 Å². The number of alkyl halides is 3. The second-order valence-corrected chi connectivity index (χ2v) is 8.65. The van der Waals surface area contributed by atoms with E-state index in [1.807, 2.05) is 0 Å². The molecule has 0 radical (unpaired) electrons. The van der Waals surface area contributed by atoms with E-state index in [1.54, 1.807) is 0 Å². The van der Waals surface area contributed by atoms with Crippen molar-refractivity contribution >= 4 is 17.6 Å². The van der Waals surface area contributed by atoms with Crippen molar-refractivity contribution in [2.75, 3.05) is 17.2 Å². The molecule has 0 amide bonds. The van der Waals surface area contributed by atoms with Crippen LogP contribution in [0.15, 0.2) is 30.6 Å². The lowest BCUT2D eigenvalue weighted by Gasteiger charge is -2.34. The summed E-state index contributed by atoms with van der Waals surface area (Å²) in [6.07, 6.45) is 0.320. The Morgan fingerprint density at radius 2 is 1.75 bits per heavy atom. The molecule has 0 aliphatic heterocycles. The van der Waals surface area contributed by atoms with Crippen molar-refractivity contribution in [3.63, 3.8) is 0 Å². The second-order valence-electron chi connectivity index (χ2n) is 8.65. The molecule has 2 saturated carbocycles. The molecule has 1 heterocycles. The van der Waals surface area contributed by atoms with Crippen LogP contribution in [-0.2, 0) is 11.0 Å². The van der Waals surface area contributed by atoms with E-state index in [0.29, 0.717) is 12.1 Å². The van der Waals surface area contributed by atoms with Crippen molar-refractivity contribution in [3.8, 4) is 0 Å². The molecule has 2 fully saturated rings. The van der Waals surface area contributed by atoms with E-state index in [0.717, 1.165) is 37.8 Å². The van der Waals surface area contributed by atoms with E-state index in [2.05, 4.69) is 20.6 Å². The van der Waals surface area contributed by atoms with Gasteiger partial charge in [0.1, 0.15) is 6.33 Å². The highest BCUT2D eigenvalue weighted by atomic mass is 19.4. The molecule has 2 aliphatic rings. The van der Waals surface area contributed by atoms with Gasteiger partial charge in [-0.15, -0.1) is 0 Å². The van der Waals surface area contributed by atoms with E-state index in [4.69, 9.17) is 5.11 Å². The smallest absolute Gasteiger partial charge is 0.416 e. The number of carbonyl (C=O) groups is 1. The van der Waals surface area contributed by atoms with Crippen LogP contribution in [0.4, 0.5) is 29.2 Å². The van der Waals surface area contributed by atoms with Gasteiger partial charge in [-0.3, -0.25) is 4.79 Å². The van der Waals surface area contributed by atoms with Crippen LogP contribution in [0.25, 0.3) is 0 Å². The number of carboxylic acids is 1. The van der Waals surface area contributed by atoms with Gasteiger partial charge in [0.15, 0.2) is 11.6 Å². The molecule has 1 aromatic carbocycles. The van der Waals surface area contributed by atoms with Crippen molar-refractivity contribution in [1.82, 2.24) is 9.97 Å². The van der Waals surface area contributed by atoms with Gasteiger partial charge in [-0.25, -0.2) is 9.97 Å². The number of nitrogens with zero attached hydrogens (tertiary/aromatic N) is 2. The van der Waals surface area contributed by atoms with Crippen LogP contribution in [-0.4, -0.2) is 27.6 Å². The normalized spacial score (nSPS) is 21.5. The molecule has 2 aromatic rings. The van der Waals surface area contributed by atoms with Gasteiger partial charge >= 0.3 is 12.1 Å². The number of anilines is 2. The van der Waals surface area contributed by atoms with Gasteiger partial charge in [0.05, 0.1) is 11.6 Å². The number of aromatic nitrogens is 2. The number of rotatable bonds is 9. The van der Waals surface area contributed by atoms with Gasteiger partial charge in [-0.2, -0.15) is 17.6 Å². The average Bonchev–Trinajstić information content (AvgIpc) is 3.54. The topological polar surface area (TPSA) is 87.1 Å². The predicted octanol–water partition coefficient (Wildman–Crippen LogP) is 5.11. The summed E-state index contributed by atoms with van der Waals surface area (Å²) in [5.41, 5.74) is -0.0796. The maximum absolute atomic E-state index is 15.0. The van der Waals surface area contributed by atoms with Gasteiger partial charge in [0.25, 0.3) is 0 Å². The zero-order chi connectivity index (χ0) is 22.9. The van der Waals surface area contributed by atoms with Crippen LogP contribution in [0.1, 0.15) is 49.3 Å². The summed E-state index contributed by atoms with van der Waals surface area (Å²) in [5.74, 6) is -0.795. The van der Waals surface area contributed by atoms with Crippen LogP contribution in [0.2, 0.25) is 0 Å². The molecule has 0 spiro atoms. The molecule has 2 aliphatic carbocycles. The minimum atomic E-state index is -4.41. The fourth-order valence-corrected chi connectivity index (χ4v) is 4.22. The summed E-state index contributed by atoms with van der Waals surface area (Å²) in [6, 6.07) is 4.55. The minimum Gasteiger partial charge on any atom is -0.481 e. The lowest BCUT2D eigenvalue weighted by molar-refractivity contribution is -0.139. The van der Waals surface area contributed by atoms with Gasteiger partial charge in [0.2, 0.25) is 5.82 Å². The number of nitrogens with one attached hydrogen (secondary N) is 2. The highest BCUT2D eigenvalue weighted by Crippen LogP contribution is 2.44. The summed E-state index contributed by atoms with van der Waals surface area (Å²) in [5, 5.41) is 14.8. The Morgan fingerprint density at radius 1 is 1.09 bits per heavy atom. The molecular weight excluding hydrogens is 428 g/mol. The lowest BCUT2D eigenvalue weighted by atomic mass is 9.73. The Morgan fingerprint density at radius 3 is 2.34 bits per heavy atom. The lowest BCUT2D eigenvalue weighted by Crippen LogP contribution is -2.31. The molecule has 10 heteroatoms. The highest BCUT2D eigenvalue weighted by molar-refractivity contribution is 5.67. The van der Waals surface area contributed by atoms with Crippen LogP contribution >= 0.6 is 0 Å². The third-order valence-corrected chi connectivity index (χ3v) is 6.13. The van der Waals surface area contributed by atoms with E-state index in [-0.39, 0.29) is 41.9 Å². The fraction of sp³-hybridized carbons (Fsp3) is 0.500. The Labute approximate surface area is 182 Å². The number of carboxylic acid groups (broad SMARTS) is 1. The first-order valence-electron chi connectivity index (χ1n) is 10.6. The van der Waals surface area contributed by atoms with E-state index >= 15 is 0 Å². The molecule has 0 bridgehead atoms. The first-order chi connectivity index (χ1) is 15.2. The maximum atomic E-state index is 15.0. The molecule has 1 unspecified atom stereocenters. The van der Waals surface area contributed by atoms with Gasteiger partial charge < -0.3 is 15.7 Å². The summed E-state index contributed by atoms with van der Waals surface area (Å²) in [6.45, 7) is 0.481. The molecule has 6 nitrogen and oxygen atoms in total. The Hall–Kier alpha value is -2.91. The monoisotopic (exact) mass is 452 g/mol. The first kappa shape index (κ1) is 22.3. The Balaban J connectivity index is 1.40. The van der Waals surface area contributed by atoms with Crippen molar-refractivity contribution < 1.29 is 27.5 Å². The van der Waals surface area contributed by atoms with Crippen molar-refractivity contribution in [2.45, 2.75) is 44.3 Å². The zero-order valence-corrected chi connectivity index (χ0v) is 17.2. The molecule has 1 aromatic heterocycles. The molecule has 1 atom stereocenters. The second kappa shape index (κ2) is 8.91. The molecule has 32 heavy (non-hydrogen) atoms. The number of halogens is 4. The predicted molar refractivity (Wildman–Crippen MR) is 109 cm³/mol. The summed E-state index contributed by atoms with van der Waals surface area (Å²) < 4.78 is 53.6. The SMILES string of the molecule is O=C(O)CC1CC(CNc2ncnc(NC(c3ccc(C(F)(F)F)cc3)C3CC3)c2F)C1. The van der Waals surface area contributed by atoms with Crippen LogP contribution in [0.5, 0.6) is 0 Å². The quantitative estimate of drug-likeness (QED) is 0.459. The fourth-order valence-electron chi connectivity index (χ4n) is 4.22. The first-order valence-corrected chi connectivity index (χ1v) is 10.6. The minimum absolute atomic E-state index is 0.00309. The van der Waals surface area contributed by atoms with E-state index in [1.165, 1.54) is 18.5 Å². The average molecular weight is 452 g/mol. The number of hydrogen-bond donors (Lipinski definition) is 3. The summed E-state index contributed by atoms with van der Waals surface area (Å²) in [4.78, 5) is 18.7. The van der Waals surface area contributed by atoms with Crippen molar-refractivity contribution in [3.05, 3.63) is 47.5 Å². The van der Waals surface area contributed by atoms with Gasteiger partial charge in [-0.1, -0.05) is 12.1 Å². The summed E-state index contributed by atoms with van der Waals surface area (Å²) in [7, 11) is 0. The summed E-state index contributed by atoms with van der Waals surface area (Å²) >= 11 is 0. The molecule has 0 saturated heterocycles. The maximum Gasteiger partial charge on any atom is 0.416 e. The van der Waals surface area contributed by atoms with E-state index < -0.39 is 23.5 Å². The number of hydrogen-bond acceptors (Lipinski definition) is 5. The van der Waals surface area contributed by atoms with Gasteiger partial charge in [0, 0.05) is 13.0 Å². The van der Waals surface area contributed by atoms with Crippen molar-refractivity contribution in [1.29, 1.82) is 0 Å². The molecule has 3 N–H and O–H groups in total. The number of aliphatic carboxylic acids is 1. The van der Waals surface area contributed by atoms with Gasteiger partial charge in [-0.05, 0) is 61.1 Å². The zero-order valence-electron chi connectivity index (χ0n) is 17.2. The highest BCUT2D eigenvalue weighted by Gasteiger charge is 2.35. The third kappa shape index (κ3) is 5.28. The standard InChI is InChI=1S/C22H24F4N4O2/c23-18-20(27-10-13-7-12(8-13)9-17(31)32)28-11-29-21(18)30-19(14-1-2-14)15-3-5-16(6-4-15)22(24,25)26/h3-6,11-14,19H,1-2,7-10H2,(H,31,32)(H2,27,28,29,30). The Bertz CT molecular complexity index is 957. The third-order valence-electron chi connectivity index (χ3n) is 6.13. The molecular formula is C22H24F4N4O2. The van der Waals surface area contributed by atoms with Crippen LogP contribution in [0.3, 0.4) is 0 Å². The molecule has 4 rings (SSSR count). The van der Waals surface area contributed by atoms with E-state index in [9.17, 15) is 22.4 Å². The Kier molecular flexibility index (Phi) is 6.21.